The Morgan fingerprint density at radius 2 is 2.13 bits per heavy atom. The normalized spacial score (nSPS) is 19.3. The molecule has 9 heteroatoms. The minimum atomic E-state index is -3.09. The van der Waals surface area contributed by atoms with Gasteiger partial charge in [-0.05, 0) is 19.4 Å². The standard InChI is InChI=1S/C14H18N2O6S/c1-2-15(11-7-8-23(20,21)10-11)14(17)9-22-13-6-4-3-5-12(13)16(18)19/h3-6,11H,2,7-10H2,1H3/t11-/m1/s1. The van der Waals surface area contributed by atoms with Gasteiger partial charge < -0.3 is 9.64 Å². The van der Waals surface area contributed by atoms with E-state index in [0.29, 0.717) is 13.0 Å². The van der Waals surface area contributed by atoms with Crippen molar-refractivity contribution in [1.29, 1.82) is 0 Å². The van der Waals surface area contributed by atoms with Gasteiger partial charge in [0.05, 0.1) is 16.4 Å². The number of rotatable bonds is 6. The fourth-order valence-electron chi connectivity index (χ4n) is 2.61. The minimum absolute atomic E-state index is 0.0148. The average Bonchev–Trinajstić information content (AvgIpc) is 2.86. The molecule has 1 aromatic rings. The van der Waals surface area contributed by atoms with Crippen molar-refractivity contribution in [2.45, 2.75) is 19.4 Å². The lowest BCUT2D eigenvalue weighted by atomic mass is 10.2. The summed E-state index contributed by atoms with van der Waals surface area (Å²) >= 11 is 0. The van der Waals surface area contributed by atoms with E-state index in [1.54, 1.807) is 13.0 Å². The Kier molecular flexibility index (Phi) is 5.19. The first-order valence-electron chi connectivity index (χ1n) is 7.20. The van der Waals surface area contributed by atoms with Crippen LogP contribution in [0.2, 0.25) is 0 Å². The monoisotopic (exact) mass is 342 g/mol. The molecule has 0 aromatic heterocycles. The summed E-state index contributed by atoms with van der Waals surface area (Å²) in [5.41, 5.74) is -0.216. The summed E-state index contributed by atoms with van der Waals surface area (Å²) in [7, 11) is -3.09. The van der Waals surface area contributed by atoms with E-state index < -0.39 is 14.8 Å². The molecule has 8 nitrogen and oxygen atoms in total. The van der Waals surface area contributed by atoms with E-state index in [9.17, 15) is 23.3 Å². The molecule has 0 N–H and O–H groups in total. The lowest BCUT2D eigenvalue weighted by Crippen LogP contribution is -2.43. The van der Waals surface area contributed by atoms with E-state index >= 15 is 0 Å². The number of nitro benzene ring substituents is 1. The van der Waals surface area contributed by atoms with Crippen LogP contribution in [0.25, 0.3) is 0 Å². The second-order valence-corrected chi connectivity index (χ2v) is 7.48. The van der Waals surface area contributed by atoms with E-state index in [2.05, 4.69) is 0 Å². The molecule has 0 radical (unpaired) electrons. The molecule has 1 heterocycles. The summed E-state index contributed by atoms with van der Waals surface area (Å²) in [5, 5.41) is 10.9. The molecule has 1 aliphatic rings. The molecular weight excluding hydrogens is 324 g/mol. The van der Waals surface area contributed by atoms with E-state index in [0.717, 1.165) is 0 Å². The summed E-state index contributed by atoms with van der Waals surface area (Å²) < 4.78 is 28.3. The molecule has 0 spiro atoms. The summed E-state index contributed by atoms with van der Waals surface area (Å²) in [6.07, 6.45) is 0.410. The first-order valence-corrected chi connectivity index (χ1v) is 9.02. The number of nitro groups is 1. The number of para-hydroxylation sites is 2. The Bertz CT molecular complexity index is 703. The molecule has 0 saturated carbocycles. The van der Waals surface area contributed by atoms with E-state index in [4.69, 9.17) is 4.74 Å². The molecule has 2 rings (SSSR count). The lowest BCUT2D eigenvalue weighted by Gasteiger charge is -2.26. The Hall–Kier alpha value is -2.16. The molecule has 0 bridgehead atoms. The van der Waals surface area contributed by atoms with Crippen LogP contribution >= 0.6 is 0 Å². The SMILES string of the molecule is CCN(C(=O)COc1ccccc1[N+](=O)[O-])[C@@H]1CCS(=O)(=O)C1. The van der Waals surface area contributed by atoms with Crippen molar-refractivity contribution in [2.24, 2.45) is 0 Å². The number of hydrogen-bond acceptors (Lipinski definition) is 6. The molecule has 1 aromatic carbocycles. The van der Waals surface area contributed by atoms with Crippen molar-refractivity contribution < 1.29 is 22.9 Å². The van der Waals surface area contributed by atoms with Crippen LogP contribution in [0.5, 0.6) is 5.75 Å². The summed E-state index contributed by atoms with van der Waals surface area (Å²) in [4.78, 5) is 24.0. The number of sulfone groups is 1. The third-order valence-corrected chi connectivity index (χ3v) is 5.47. The van der Waals surface area contributed by atoms with E-state index in [1.165, 1.54) is 23.1 Å². The molecule has 1 amide bonds. The molecule has 0 aliphatic carbocycles. The van der Waals surface area contributed by atoms with Gasteiger partial charge in [0.1, 0.15) is 0 Å². The maximum absolute atomic E-state index is 12.3. The van der Waals surface area contributed by atoms with Gasteiger partial charge in [-0.25, -0.2) is 8.42 Å². The fourth-order valence-corrected chi connectivity index (χ4v) is 4.34. The van der Waals surface area contributed by atoms with Crippen LogP contribution < -0.4 is 4.74 Å². The maximum atomic E-state index is 12.3. The number of likely N-dealkylation sites (N-methyl/N-ethyl adjacent to an activating group) is 1. The Balaban J connectivity index is 2.02. The molecule has 126 valence electrons. The van der Waals surface area contributed by atoms with Gasteiger partial charge >= 0.3 is 5.69 Å². The zero-order valence-corrected chi connectivity index (χ0v) is 13.5. The van der Waals surface area contributed by atoms with Gasteiger partial charge in [0.15, 0.2) is 22.2 Å². The van der Waals surface area contributed by atoms with Crippen LogP contribution in [0, 0.1) is 10.1 Å². The van der Waals surface area contributed by atoms with Crippen molar-refractivity contribution in [3.05, 3.63) is 34.4 Å². The number of hydrogen-bond donors (Lipinski definition) is 0. The molecule has 1 atom stereocenters. The van der Waals surface area contributed by atoms with Gasteiger partial charge in [0.25, 0.3) is 5.91 Å². The van der Waals surface area contributed by atoms with Crippen LogP contribution in [-0.2, 0) is 14.6 Å². The average molecular weight is 342 g/mol. The first kappa shape index (κ1) is 17.2. The number of benzene rings is 1. The topological polar surface area (TPSA) is 107 Å². The molecular formula is C14H18N2O6S. The zero-order chi connectivity index (χ0) is 17.0. The number of amides is 1. The highest BCUT2D eigenvalue weighted by atomic mass is 32.2. The third-order valence-electron chi connectivity index (χ3n) is 3.72. The summed E-state index contributed by atoms with van der Waals surface area (Å²) in [6.45, 7) is 1.75. The zero-order valence-electron chi connectivity index (χ0n) is 12.7. The predicted octanol–water partition coefficient (Wildman–Crippen LogP) is 1.01. The first-order chi connectivity index (χ1) is 10.8. The van der Waals surface area contributed by atoms with E-state index in [1.807, 2.05) is 0 Å². The van der Waals surface area contributed by atoms with Crippen molar-refractivity contribution in [3.63, 3.8) is 0 Å². The van der Waals surface area contributed by atoms with Crippen LogP contribution in [0.1, 0.15) is 13.3 Å². The number of ether oxygens (including phenoxy) is 1. The van der Waals surface area contributed by atoms with Gasteiger partial charge in [0, 0.05) is 18.7 Å². The van der Waals surface area contributed by atoms with Gasteiger partial charge in [-0.15, -0.1) is 0 Å². The van der Waals surface area contributed by atoms with Gasteiger partial charge in [-0.2, -0.15) is 0 Å². The largest absolute Gasteiger partial charge is 0.477 e. The van der Waals surface area contributed by atoms with Crippen LogP contribution in [0.4, 0.5) is 5.69 Å². The Labute approximate surface area is 134 Å². The van der Waals surface area contributed by atoms with E-state index in [-0.39, 0.29) is 41.5 Å². The smallest absolute Gasteiger partial charge is 0.310 e. The maximum Gasteiger partial charge on any atom is 0.310 e. The number of carbonyl (C=O) groups excluding carboxylic acids is 1. The molecule has 1 aliphatic heterocycles. The summed E-state index contributed by atoms with van der Waals surface area (Å²) in [5.74, 6) is -0.335. The summed E-state index contributed by atoms with van der Waals surface area (Å²) in [6, 6.07) is 5.44. The molecule has 0 unspecified atom stereocenters. The molecule has 1 saturated heterocycles. The predicted molar refractivity (Wildman–Crippen MR) is 83.0 cm³/mol. The lowest BCUT2D eigenvalue weighted by molar-refractivity contribution is -0.385. The highest BCUT2D eigenvalue weighted by Crippen LogP contribution is 2.26. The van der Waals surface area contributed by atoms with Gasteiger partial charge in [-0.3, -0.25) is 14.9 Å². The van der Waals surface area contributed by atoms with Gasteiger partial charge in [-0.1, -0.05) is 12.1 Å². The van der Waals surface area contributed by atoms with Crippen molar-refractivity contribution in [1.82, 2.24) is 4.90 Å². The Morgan fingerprint density at radius 1 is 1.43 bits per heavy atom. The van der Waals surface area contributed by atoms with Crippen molar-refractivity contribution in [2.75, 3.05) is 24.7 Å². The Morgan fingerprint density at radius 3 is 2.70 bits per heavy atom. The highest BCUT2D eigenvalue weighted by molar-refractivity contribution is 7.91. The van der Waals surface area contributed by atoms with Crippen molar-refractivity contribution >= 4 is 21.4 Å². The second kappa shape index (κ2) is 6.95. The quantitative estimate of drug-likeness (QED) is 0.564. The number of nitrogens with zero attached hydrogens (tertiary/aromatic N) is 2. The van der Waals surface area contributed by atoms with Crippen LogP contribution in [-0.4, -0.2) is 54.8 Å². The minimum Gasteiger partial charge on any atom is -0.477 e. The van der Waals surface area contributed by atoms with Crippen LogP contribution in [0.15, 0.2) is 24.3 Å². The van der Waals surface area contributed by atoms with Gasteiger partial charge in [0.2, 0.25) is 0 Å². The second-order valence-electron chi connectivity index (χ2n) is 5.25. The van der Waals surface area contributed by atoms with Crippen molar-refractivity contribution in [3.8, 4) is 5.75 Å². The highest BCUT2D eigenvalue weighted by Gasteiger charge is 2.34. The molecule has 1 fully saturated rings. The fraction of sp³-hybridized carbons (Fsp3) is 0.500. The third kappa shape index (κ3) is 4.19. The number of carbonyl (C=O) groups is 1. The van der Waals surface area contributed by atoms with Crippen LogP contribution in [0.3, 0.4) is 0 Å². The molecule has 23 heavy (non-hydrogen) atoms.